The van der Waals surface area contributed by atoms with E-state index < -0.39 is 42.3 Å². The molecule has 3 unspecified atom stereocenters. The predicted octanol–water partition coefficient (Wildman–Crippen LogP) is 3.72. The van der Waals surface area contributed by atoms with Crippen LogP contribution in [0, 0.1) is 11.8 Å². The largest absolute Gasteiger partial charge is 0.505 e. The van der Waals surface area contributed by atoms with Gasteiger partial charge in [-0.15, -0.1) is 0 Å². The maximum atomic E-state index is 11.8. The Bertz CT molecular complexity index is 592. The van der Waals surface area contributed by atoms with Gasteiger partial charge in [-0.1, -0.05) is 52.0 Å². The van der Waals surface area contributed by atoms with Crippen molar-refractivity contribution in [3.63, 3.8) is 0 Å². The maximum Gasteiger partial charge on any atom is 0.377 e. The third-order valence-electron chi connectivity index (χ3n) is 4.80. The molecule has 160 valence electrons. The zero-order chi connectivity index (χ0) is 21.3. The smallest absolute Gasteiger partial charge is 0.377 e. The molecule has 3 N–H and O–H groups in total. The maximum absolute atomic E-state index is 11.8. The van der Waals surface area contributed by atoms with E-state index in [0.29, 0.717) is 5.92 Å². The van der Waals surface area contributed by atoms with E-state index in [2.05, 4.69) is 25.5 Å². The van der Waals surface area contributed by atoms with Crippen molar-refractivity contribution < 1.29 is 34.4 Å². The summed E-state index contributed by atoms with van der Waals surface area (Å²) < 4.78 is 9.54. The van der Waals surface area contributed by atoms with Crippen molar-refractivity contribution >= 4 is 11.9 Å². The molecule has 7 nitrogen and oxygen atoms in total. The molecule has 7 heteroatoms. The molecule has 1 aliphatic rings. The molecule has 3 atom stereocenters. The zero-order valence-corrected chi connectivity index (χ0v) is 17.3. The van der Waals surface area contributed by atoms with Crippen molar-refractivity contribution in [2.24, 2.45) is 11.8 Å². The number of aliphatic hydroxyl groups excluding tert-OH is 3. The summed E-state index contributed by atoms with van der Waals surface area (Å²) in [5, 5.41) is 28.6. The second-order valence-corrected chi connectivity index (χ2v) is 8.07. The van der Waals surface area contributed by atoms with Crippen molar-refractivity contribution in [3.05, 3.63) is 23.2 Å². The zero-order valence-electron chi connectivity index (χ0n) is 17.3. The van der Waals surface area contributed by atoms with Crippen LogP contribution in [0.25, 0.3) is 0 Å². The number of ether oxygens (including phenoxy) is 2. The van der Waals surface area contributed by atoms with Crippen LogP contribution < -0.4 is 0 Å². The third-order valence-corrected chi connectivity index (χ3v) is 4.80. The van der Waals surface area contributed by atoms with E-state index in [0.717, 1.165) is 30.8 Å². The molecule has 0 spiro atoms. The number of carbonyl (C=O) groups excluding carboxylic acids is 2. The Balaban J connectivity index is 2.27. The average molecular weight is 398 g/mol. The van der Waals surface area contributed by atoms with E-state index in [1.165, 1.54) is 25.3 Å². The van der Waals surface area contributed by atoms with Crippen LogP contribution >= 0.6 is 0 Å². The molecule has 0 radical (unpaired) electrons. The second kappa shape index (κ2) is 11.7. The standard InChI is InChI=1S/C21H34O7/c1-13(2)7-5-8-14(3)9-6-10-15(4)11-17(23)27-12-16(22)20-18(24)19(25)21(26)28-20/h11,13-14,16,20,22,24-25H,5-10,12H2,1-4H3. The molecule has 0 aromatic carbocycles. The lowest BCUT2D eigenvalue weighted by molar-refractivity contribution is -0.151. The Morgan fingerprint density at radius 3 is 2.39 bits per heavy atom. The van der Waals surface area contributed by atoms with Crippen LogP contribution in [0.1, 0.15) is 66.2 Å². The van der Waals surface area contributed by atoms with Gasteiger partial charge in [-0.25, -0.2) is 9.59 Å². The summed E-state index contributed by atoms with van der Waals surface area (Å²) in [4.78, 5) is 22.9. The molecule has 0 aromatic heterocycles. The number of rotatable bonds is 12. The lowest BCUT2D eigenvalue weighted by Crippen LogP contribution is -2.33. The summed E-state index contributed by atoms with van der Waals surface area (Å²) in [6, 6.07) is 0. The Kier molecular flexibility index (Phi) is 10.1. The molecular formula is C21H34O7. The second-order valence-electron chi connectivity index (χ2n) is 8.07. The summed E-state index contributed by atoms with van der Waals surface area (Å²) >= 11 is 0. The lowest BCUT2D eigenvalue weighted by Gasteiger charge is -2.16. The van der Waals surface area contributed by atoms with E-state index in [1.807, 2.05) is 6.92 Å². The molecular weight excluding hydrogens is 364 g/mol. The molecule has 0 aromatic rings. The van der Waals surface area contributed by atoms with Crippen LogP contribution in [0.5, 0.6) is 0 Å². The number of carbonyl (C=O) groups is 2. The molecule has 0 bridgehead atoms. The van der Waals surface area contributed by atoms with Gasteiger partial charge in [0.1, 0.15) is 12.7 Å². The Labute approximate surface area is 167 Å². The molecule has 0 saturated heterocycles. The Morgan fingerprint density at radius 2 is 1.82 bits per heavy atom. The Morgan fingerprint density at radius 1 is 1.18 bits per heavy atom. The van der Waals surface area contributed by atoms with Gasteiger partial charge in [-0.2, -0.15) is 0 Å². The van der Waals surface area contributed by atoms with E-state index in [-0.39, 0.29) is 0 Å². The summed E-state index contributed by atoms with van der Waals surface area (Å²) in [5.41, 5.74) is 0.890. The fraction of sp³-hybridized carbons (Fsp3) is 0.714. The fourth-order valence-corrected chi connectivity index (χ4v) is 3.05. The van der Waals surface area contributed by atoms with E-state index in [1.54, 1.807) is 0 Å². The predicted molar refractivity (Wildman–Crippen MR) is 105 cm³/mol. The summed E-state index contributed by atoms with van der Waals surface area (Å²) in [7, 11) is 0. The van der Waals surface area contributed by atoms with Gasteiger partial charge in [0.05, 0.1) is 0 Å². The highest BCUT2D eigenvalue weighted by Gasteiger charge is 2.39. The summed E-state index contributed by atoms with van der Waals surface area (Å²) in [5.74, 6) is -2.03. The summed E-state index contributed by atoms with van der Waals surface area (Å²) in [6.45, 7) is 8.12. The fourth-order valence-electron chi connectivity index (χ4n) is 3.05. The van der Waals surface area contributed by atoms with Crippen LogP contribution in [-0.4, -0.2) is 46.1 Å². The average Bonchev–Trinajstić information content (AvgIpc) is 2.86. The van der Waals surface area contributed by atoms with Crippen molar-refractivity contribution in [1.82, 2.24) is 0 Å². The van der Waals surface area contributed by atoms with Gasteiger partial charge in [0.25, 0.3) is 0 Å². The SMILES string of the molecule is CC(=CC(=O)OCC(O)C1OC(=O)C(O)=C1O)CCCC(C)CCCC(C)C. The minimum atomic E-state index is -1.46. The number of esters is 2. The molecule has 0 fully saturated rings. The molecule has 0 saturated carbocycles. The van der Waals surface area contributed by atoms with Crippen molar-refractivity contribution in [3.8, 4) is 0 Å². The van der Waals surface area contributed by atoms with Gasteiger partial charge in [0, 0.05) is 6.08 Å². The van der Waals surface area contributed by atoms with Crippen LogP contribution in [0.2, 0.25) is 0 Å². The van der Waals surface area contributed by atoms with Gasteiger partial charge in [-0.3, -0.25) is 0 Å². The first kappa shape index (κ1) is 24.0. The molecule has 1 heterocycles. The van der Waals surface area contributed by atoms with Crippen LogP contribution in [-0.2, 0) is 19.1 Å². The number of allylic oxidation sites excluding steroid dienone is 1. The van der Waals surface area contributed by atoms with Crippen LogP contribution in [0.4, 0.5) is 0 Å². The lowest BCUT2D eigenvalue weighted by atomic mass is 9.94. The number of cyclic esters (lactones) is 1. The first-order chi connectivity index (χ1) is 13.1. The van der Waals surface area contributed by atoms with Crippen molar-refractivity contribution in [2.45, 2.75) is 78.4 Å². The highest BCUT2D eigenvalue weighted by molar-refractivity contribution is 5.89. The molecule has 1 aliphatic heterocycles. The summed E-state index contributed by atoms with van der Waals surface area (Å²) in [6.07, 6.45) is 5.13. The van der Waals surface area contributed by atoms with E-state index >= 15 is 0 Å². The first-order valence-electron chi connectivity index (χ1n) is 9.96. The number of hydrogen-bond acceptors (Lipinski definition) is 7. The van der Waals surface area contributed by atoms with Crippen molar-refractivity contribution in [1.29, 1.82) is 0 Å². The van der Waals surface area contributed by atoms with Crippen LogP contribution in [0.3, 0.4) is 0 Å². The highest BCUT2D eigenvalue weighted by atomic mass is 16.6. The van der Waals surface area contributed by atoms with Gasteiger partial charge in [0.15, 0.2) is 11.9 Å². The van der Waals surface area contributed by atoms with Gasteiger partial charge in [-0.05, 0) is 31.6 Å². The molecule has 28 heavy (non-hydrogen) atoms. The van der Waals surface area contributed by atoms with Gasteiger partial charge < -0.3 is 24.8 Å². The monoisotopic (exact) mass is 398 g/mol. The molecule has 1 rings (SSSR count). The first-order valence-corrected chi connectivity index (χ1v) is 9.96. The van der Waals surface area contributed by atoms with Crippen LogP contribution in [0.15, 0.2) is 23.2 Å². The topological polar surface area (TPSA) is 113 Å². The van der Waals surface area contributed by atoms with Crippen molar-refractivity contribution in [2.75, 3.05) is 6.61 Å². The van der Waals surface area contributed by atoms with E-state index in [4.69, 9.17) is 4.74 Å². The number of hydrogen-bond donors (Lipinski definition) is 3. The minimum absolute atomic E-state index is 0.467. The normalized spacial score (nSPS) is 19.7. The quantitative estimate of drug-likeness (QED) is 0.339. The minimum Gasteiger partial charge on any atom is -0.505 e. The molecule has 0 amide bonds. The third kappa shape index (κ3) is 8.33. The number of aliphatic hydroxyl groups is 3. The van der Waals surface area contributed by atoms with Gasteiger partial charge in [0.2, 0.25) is 5.76 Å². The van der Waals surface area contributed by atoms with Gasteiger partial charge >= 0.3 is 11.9 Å². The highest BCUT2D eigenvalue weighted by Crippen LogP contribution is 2.22. The Hall–Kier alpha value is -2.02. The van der Waals surface area contributed by atoms with E-state index in [9.17, 15) is 24.9 Å². The molecule has 0 aliphatic carbocycles.